The minimum atomic E-state index is -0.907. The number of carboxylic acids is 1. The second kappa shape index (κ2) is 6.32. The maximum Gasteiger partial charge on any atom is 0.311 e. The molecule has 1 aromatic carbocycles. The molecule has 0 aromatic heterocycles. The van der Waals surface area contributed by atoms with Gasteiger partial charge < -0.3 is 20.9 Å². The van der Waals surface area contributed by atoms with Gasteiger partial charge in [-0.1, -0.05) is 17.7 Å². The zero-order chi connectivity index (χ0) is 15.5. The first-order chi connectivity index (χ1) is 9.96. The molecule has 1 amide bonds. The first-order valence-electron chi connectivity index (χ1n) is 6.60. The third kappa shape index (κ3) is 3.28. The summed E-state index contributed by atoms with van der Waals surface area (Å²) in [5.41, 5.74) is 5.03. The van der Waals surface area contributed by atoms with E-state index in [1.165, 1.54) is 0 Å². The Balaban J connectivity index is 2.20. The van der Waals surface area contributed by atoms with E-state index in [0.717, 1.165) is 0 Å². The first kappa shape index (κ1) is 15.6. The molecule has 0 unspecified atom stereocenters. The quantitative estimate of drug-likeness (QED) is 0.768. The Bertz CT molecular complexity index is 556. The normalized spacial score (nSPS) is 17.2. The standard InChI is InChI=1S/C14H17ClN2O4/c15-9-2-1-3-10(11(9)12(16)18)17-8-14(13(19)20)4-6-21-7-5-14/h1-3,17H,4-8H2,(H2,16,18)(H,19,20). The van der Waals surface area contributed by atoms with Crippen LogP contribution in [0.15, 0.2) is 18.2 Å². The van der Waals surface area contributed by atoms with Gasteiger partial charge in [-0.25, -0.2) is 0 Å². The summed E-state index contributed by atoms with van der Waals surface area (Å²) in [5, 5.41) is 12.7. The molecule has 114 valence electrons. The summed E-state index contributed by atoms with van der Waals surface area (Å²) < 4.78 is 5.22. The number of hydrogen-bond acceptors (Lipinski definition) is 4. The lowest BCUT2D eigenvalue weighted by atomic mass is 9.80. The summed E-state index contributed by atoms with van der Waals surface area (Å²) in [4.78, 5) is 23.0. The maximum absolute atomic E-state index is 11.6. The van der Waals surface area contributed by atoms with Crippen LogP contribution in [0.2, 0.25) is 5.02 Å². The summed E-state index contributed by atoms with van der Waals surface area (Å²) in [5.74, 6) is -1.53. The van der Waals surface area contributed by atoms with Gasteiger partial charge in [0, 0.05) is 25.4 Å². The lowest BCUT2D eigenvalue weighted by Crippen LogP contribution is -2.42. The topological polar surface area (TPSA) is 102 Å². The molecule has 7 heteroatoms. The van der Waals surface area contributed by atoms with Crippen molar-refractivity contribution in [2.24, 2.45) is 11.1 Å². The molecule has 1 aromatic rings. The molecule has 0 aliphatic carbocycles. The Kier molecular flexibility index (Phi) is 4.69. The van der Waals surface area contributed by atoms with E-state index in [1.54, 1.807) is 18.2 Å². The van der Waals surface area contributed by atoms with Crippen molar-refractivity contribution in [3.05, 3.63) is 28.8 Å². The molecular weight excluding hydrogens is 296 g/mol. The highest BCUT2D eigenvalue weighted by molar-refractivity contribution is 6.34. The van der Waals surface area contributed by atoms with Gasteiger partial charge in [0.1, 0.15) is 0 Å². The molecule has 0 bridgehead atoms. The van der Waals surface area contributed by atoms with Crippen LogP contribution < -0.4 is 11.1 Å². The van der Waals surface area contributed by atoms with Crippen molar-refractivity contribution in [1.82, 2.24) is 0 Å². The molecule has 6 nitrogen and oxygen atoms in total. The summed E-state index contributed by atoms with van der Waals surface area (Å²) in [6.07, 6.45) is 0.837. The van der Waals surface area contributed by atoms with E-state index >= 15 is 0 Å². The molecule has 1 saturated heterocycles. The van der Waals surface area contributed by atoms with Crippen LogP contribution in [0.3, 0.4) is 0 Å². The highest BCUT2D eigenvalue weighted by atomic mass is 35.5. The van der Waals surface area contributed by atoms with Gasteiger partial charge in [-0.15, -0.1) is 0 Å². The minimum Gasteiger partial charge on any atom is -0.481 e. The number of amides is 1. The Morgan fingerprint density at radius 2 is 2.05 bits per heavy atom. The van der Waals surface area contributed by atoms with Crippen LogP contribution in [-0.2, 0) is 9.53 Å². The predicted octanol–water partition coefficient (Wildman–Crippen LogP) is 1.73. The first-order valence-corrected chi connectivity index (χ1v) is 6.97. The number of rotatable bonds is 5. The molecular formula is C14H17ClN2O4. The molecule has 0 atom stereocenters. The van der Waals surface area contributed by atoms with Crippen LogP contribution in [0.25, 0.3) is 0 Å². The van der Waals surface area contributed by atoms with E-state index in [2.05, 4.69) is 5.32 Å². The zero-order valence-electron chi connectivity index (χ0n) is 11.4. The fourth-order valence-corrected chi connectivity index (χ4v) is 2.68. The number of carbonyl (C=O) groups excluding carboxylic acids is 1. The summed E-state index contributed by atoms with van der Waals surface area (Å²) in [6, 6.07) is 4.89. The molecule has 0 radical (unpaired) electrons. The van der Waals surface area contributed by atoms with Crippen molar-refractivity contribution in [2.75, 3.05) is 25.1 Å². The van der Waals surface area contributed by atoms with Crippen molar-refractivity contribution in [2.45, 2.75) is 12.8 Å². The smallest absolute Gasteiger partial charge is 0.311 e. The Morgan fingerprint density at radius 3 is 2.62 bits per heavy atom. The number of anilines is 1. The molecule has 1 aliphatic heterocycles. The fraction of sp³-hybridized carbons (Fsp3) is 0.429. The molecule has 0 saturated carbocycles. The fourth-order valence-electron chi connectivity index (χ4n) is 2.41. The minimum absolute atomic E-state index is 0.173. The van der Waals surface area contributed by atoms with Crippen LogP contribution in [0.5, 0.6) is 0 Å². The van der Waals surface area contributed by atoms with E-state index < -0.39 is 17.3 Å². The second-order valence-electron chi connectivity index (χ2n) is 5.08. The largest absolute Gasteiger partial charge is 0.481 e. The van der Waals surface area contributed by atoms with Crippen molar-refractivity contribution in [1.29, 1.82) is 0 Å². The van der Waals surface area contributed by atoms with Gasteiger partial charge in [-0.2, -0.15) is 0 Å². The van der Waals surface area contributed by atoms with E-state index in [0.29, 0.717) is 31.7 Å². The molecule has 21 heavy (non-hydrogen) atoms. The highest BCUT2D eigenvalue weighted by Crippen LogP contribution is 2.32. The number of halogens is 1. The van der Waals surface area contributed by atoms with Crippen LogP contribution in [0.4, 0.5) is 5.69 Å². The number of aliphatic carboxylic acids is 1. The average Bonchev–Trinajstić information content (AvgIpc) is 2.45. The van der Waals surface area contributed by atoms with Gasteiger partial charge in [0.2, 0.25) is 0 Å². The van der Waals surface area contributed by atoms with E-state index in [-0.39, 0.29) is 17.1 Å². The lowest BCUT2D eigenvalue weighted by Gasteiger charge is -2.33. The Morgan fingerprint density at radius 1 is 1.38 bits per heavy atom. The Hall–Kier alpha value is -1.79. The number of hydrogen-bond donors (Lipinski definition) is 3. The molecule has 1 heterocycles. The number of nitrogens with one attached hydrogen (secondary N) is 1. The number of primary amides is 1. The summed E-state index contributed by atoms with van der Waals surface area (Å²) in [6.45, 7) is 1.00. The van der Waals surface area contributed by atoms with Gasteiger partial charge in [0.05, 0.1) is 16.0 Å². The highest BCUT2D eigenvalue weighted by Gasteiger charge is 2.40. The van der Waals surface area contributed by atoms with Crippen LogP contribution in [0, 0.1) is 5.41 Å². The van der Waals surface area contributed by atoms with Crippen molar-refractivity contribution in [3.8, 4) is 0 Å². The van der Waals surface area contributed by atoms with Gasteiger partial charge in [-0.3, -0.25) is 9.59 Å². The SMILES string of the molecule is NC(=O)c1c(Cl)cccc1NCC1(C(=O)O)CCOCC1. The monoisotopic (exact) mass is 312 g/mol. The molecule has 2 rings (SSSR count). The van der Waals surface area contributed by atoms with Crippen LogP contribution >= 0.6 is 11.6 Å². The van der Waals surface area contributed by atoms with Crippen LogP contribution in [0.1, 0.15) is 23.2 Å². The lowest BCUT2D eigenvalue weighted by molar-refractivity contribution is -0.153. The third-order valence-electron chi connectivity index (χ3n) is 3.78. The summed E-state index contributed by atoms with van der Waals surface area (Å²) >= 11 is 5.97. The van der Waals surface area contributed by atoms with Crippen molar-refractivity contribution >= 4 is 29.2 Å². The molecule has 1 aliphatic rings. The van der Waals surface area contributed by atoms with Crippen molar-refractivity contribution in [3.63, 3.8) is 0 Å². The zero-order valence-corrected chi connectivity index (χ0v) is 12.2. The number of benzene rings is 1. The van der Waals surface area contributed by atoms with Gasteiger partial charge in [-0.05, 0) is 25.0 Å². The summed E-state index contributed by atoms with van der Waals surface area (Å²) in [7, 11) is 0. The Labute approximate surface area is 127 Å². The van der Waals surface area contributed by atoms with Gasteiger partial charge in [0.15, 0.2) is 0 Å². The van der Waals surface area contributed by atoms with E-state index in [9.17, 15) is 14.7 Å². The maximum atomic E-state index is 11.6. The van der Waals surface area contributed by atoms with Crippen LogP contribution in [-0.4, -0.2) is 36.7 Å². The number of carbonyl (C=O) groups is 2. The predicted molar refractivity (Wildman–Crippen MR) is 78.6 cm³/mol. The number of ether oxygens (including phenoxy) is 1. The molecule has 4 N–H and O–H groups in total. The molecule has 0 spiro atoms. The average molecular weight is 313 g/mol. The van der Waals surface area contributed by atoms with Gasteiger partial charge >= 0.3 is 5.97 Å². The van der Waals surface area contributed by atoms with E-state index in [4.69, 9.17) is 22.1 Å². The van der Waals surface area contributed by atoms with Crippen molar-refractivity contribution < 1.29 is 19.4 Å². The number of carboxylic acid groups (broad SMARTS) is 1. The number of nitrogens with two attached hydrogens (primary N) is 1. The second-order valence-corrected chi connectivity index (χ2v) is 5.49. The van der Waals surface area contributed by atoms with E-state index in [1.807, 2.05) is 0 Å². The molecule has 1 fully saturated rings. The third-order valence-corrected chi connectivity index (χ3v) is 4.10. The van der Waals surface area contributed by atoms with Gasteiger partial charge in [0.25, 0.3) is 5.91 Å².